The van der Waals surface area contributed by atoms with Crippen molar-refractivity contribution in [1.82, 2.24) is 4.90 Å². The first-order valence-corrected chi connectivity index (χ1v) is 5.55. The summed E-state index contributed by atoms with van der Waals surface area (Å²) in [4.78, 5) is 12.4. The average molecular weight is 209 g/mol. The second kappa shape index (κ2) is 3.61. The maximum atomic E-state index is 12.5. The molecule has 0 atom stereocenters. The quantitative estimate of drug-likeness (QED) is 0.583. The molecule has 0 aliphatic carbocycles. The molecule has 0 bridgehead atoms. The van der Waals surface area contributed by atoms with E-state index in [1.165, 1.54) is 11.8 Å². The third-order valence-corrected chi connectivity index (χ3v) is 3.55. The molecule has 1 rings (SSSR count). The van der Waals surface area contributed by atoms with Gasteiger partial charge in [-0.3, -0.25) is 4.79 Å². The van der Waals surface area contributed by atoms with Crippen molar-refractivity contribution in [2.75, 3.05) is 13.1 Å². The minimum atomic E-state index is -4.41. The van der Waals surface area contributed by atoms with Crippen LogP contribution in [0.3, 0.4) is 0 Å². The third kappa shape index (κ3) is 2.65. The van der Waals surface area contributed by atoms with Crippen LogP contribution >= 0.6 is 0 Å². The van der Waals surface area contributed by atoms with E-state index in [1.54, 1.807) is 0 Å². The molecule has 1 saturated heterocycles. The van der Waals surface area contributed by atoms with Crippen LogP contribution in [0.1, 0.15) is 19.8 Å². The summed E-state index contributed by atoms with van der Waals surface area (Å²) in [6.07, 6.45) is 0.414. The fourth-order valence-corrected chi connectivity index (χ4v) is 2.23. The van der Waals surface area contributed by atoms with Gasteiger partial charge in [0.2, 0.25) is 5.91 Å². The number of amides is 1. The Hall–Kier alpha value is -0.650. The molecular weight excluding hydrogens is 197 g/mol. The second-order valence-electron chi connectivity index (χ2n) is 3.18. The number of carbonyl (C=O) groups is 1. The normalized spacial score (nSPS) is 20.3. The van der Waals surface area contributed by atoms with Gasteiger partial charge in [0.05, 0.1) is 5.25 Å². The zero-order valence-electron chi connectivity index (χ0n) is 7.36. The van der Waals surface area contributed by atoms with Gasteiger partial charge in [0.1, 0.15) is 0 Å². The van der Waals surface area contributed by atoms with Crippen molar-refractivity contribution in [2.24, 2.45) is 0 Å². The van der Waals surface area contributed by atoms with Gasteiger partial charge in [-0.15, -0.1) is 3.89 Å². The number of carbonyl (C=O) groups excluding carboxylic acids is 1. The molecule has 4 nitrogen and oxygen atoms in total. The van der Waals surface area contributed by atoms with E-state index in [9.17, 15) is 17.1 Å². The molecule has 0 unspecified atom stereocenters. The molecule has 1 amide bonds. The highest BCUT2D eigenvalue weighted by molar-refractivity contribution is 7.87. The maximum absolute atomic E-state index is 12.5. The molecule has 0 spiro atoms. The van der Waals surface area contributed by atoms with Crippen molar-refractivity contribution in [3.05, 3.63) is 0 Å². The van der Waals surface area contributed by atoms with Gasteiger partial charge in [-0.25, -0.2) is 0 Å². The van der Waals surface area contributed by atoms with Gasteiger partial charge in [0, 0.05) is 20.0 Å². The van der Waals surface area contributed by atoms with Crippen LogP contribution < -0.4 is 0 Å². The Labute approximate surface area is 76.9 Å². The van der Waals surface area contributed by atoms with Gasteiger partial charge in [0.25, 0.3) is 0 Å². The standard InChI is InChI=1S/C7H12FNO3S/c1-6(10)9-4-2-7(3-5-9)13(8,11)12/h7H,2-5H2,1H3. The number of nitrogens with zero attached hydrogens (tertiary/aromatic N) is 1. The van der Waals surface area contributed by atoms with E-state index in [2.05, 4.69) is 0 Å². The molecule has 1 aliphatic rings. The van der Waals surface area contributed by atoms with Crippen LogP contribution in [-0.4, -0.2) is 37.6 Å². The van der Waals surface area contributed by atoms with Gasteiger partial charge >= 0.3 is 10.2 Å². The Bertz CT molecular complexity index is 293. The van der Waals surface area contributed by atoms with Crippen LogP contribution in [0.25, 0.3) is 0 Å². The van der Waals surface area contributed by atoms with Gasteiger partial charge in [0.15, 0.2) is 0 Å². The number of hydrogen-bond acceptors (Lipinski definition) is 3. The van der Waals surface area contributed by atoms with Gasteiger partial charge in [-0.2, -0.15) is 8.42 Å². The van der Waals surface area contributed by atoms with Crippen LogP contribution in [0.4, 0.5) is 3.89 Å². The van der Waals surface area contributed by atoms with E-state index < -0.39 is 15.5 Å². The first-order chi connectivity index (χ1) is 5.91. The zero-order chi connectivity index (χ0) is 10.1. The van der Waals surface area contributed by atoms with Gasteiger partial charge in [-0.1, -0.05) is 0 Å². The third-order valence-electron chi connectivity index (χ3n) is 2.29. The monoisotopic (exact) mass is 209 g/mol. The Morgan fingerprint density at radius 1 is 1.38 bits per heavy atom. The van der Waals surface area contributed by atoms with E-state index in [-0.39, 0.29) is 18.7 Å². The molecule has 13 heavy (non-hydrogen) atoms. The summed E-state index contributed by atoms with van der Waals surface area (Å²) in [5, 5.41) is -0.914. The lowest BCUT2D eigenvalue weighted by Crippen LogP contribution is -2.40. The van der Waals surface area contributed by atoms with Crippen LogP contribution in [0.2, 0.25) is 0 Å². The lowest BCUT2D eigenvalue weighted by Gasteiger charge is -2.28. The number of likely N-dealkylation sites (tertiary alicyclic amines) is 1. The summed E-state index contributed by atoms with van der Waals surface area (Å²) in [5.41, 5.74) is 0. The Morgan fingerprint density at radius 2 is 1.85 bits per heavy atom. The smallest absolute Gasteiger partial charge is 0.305 e. The Kier molecular flexibility index (Phi) is 2.90. The fraction of sp³-hybridized carbons (Fsp3) is 0.857. The van der Waals surface area contributed by atoms with Crippen molar-refractivity contribution in [1.29, 1.82) is 0 Å². The molecule has 1 fully saturated rings. The first kappa shape index (κ1) is 10.4. The minimum absolute atomic E-state index is 0.0882. The summed E-state index contributed by atoms with van der Waals surface area (Å²) < 4.78 is 33.5. The summed E-state index contributed by atoms with van der Waals surface area (Å²) in [6.45, 7) is 2.09. The van der Waals surface area contributed by atoms with Crippen LogP contribution in [-0.2, 0) is 15.0 Å². The fourth-order valence-electron chi connectivity index (χ4n) is 1.45. The van der Waals surface area contributed by atoms with Gasteiger partial charge in [-0.05, 0) is 12.8 Å². The highest BCUT2D eigenvalue weighted by Crippen LogP contribution is 2.18. The highest BCUT2D eigenvalue weighted by atomic mass is 32.3. The summed E-state index contributed by atoms with van der Waals surface area (Å²) in [6, 6.07) is 0. The molecule has 0 radical (unpaired) electrons. The van der Waals surface area contributed by atoms with Crippen molar-refractivity contribution >= 4 is 16.1 Å². The Morgan fingerprint density at radius 3 is 2.15 bits per heavy atom. The molecular formula is C7H12FNO3S. The molecule has 0 saturated carbocycles. The predicted molar refractivity (Wildman–Crippen MR) is 45.3 cm³/mol. The first-order valence-electron chi connectivity index (χ1n) is 4.10. The average Bonchev–Trinajstić information content (AvgIpc) is 2.03. The van der Waals surface area contributed by atoms with Crippen LogP contribution in [0, 0.1) is 0 Å². The van der Waals surface area contributed by atoms with E-state index in [4.69, 9.17) is 0 Å². The molecule has 0 aromatic carbocycles. The molecule has 1 heterocycles. The van der Waals surface area contributed by atoms with E-state index in [0.717, 1.165) is 0 Å². The lowest BCUT2D eigenvalue weighted by molar-refractivity contribution is -0.129. The Balaban J connectivity index is 2.53. The van der Waals surface area contributed by atoms with E-state index >= 15 is 0 Å². The van der Waals surface area contributed by atoms with Crippen LogP contribution in [0.15, 0.2) is 0 Å². The molecule has 76 valence electrons. The molecule has 0 aromatic rings. The van der Waals surface area contributed by atoms with E-state index in [1.807, 2.05) is 0 Å². The SMILES string of the molecule is CC(=O)N1CCC(S(=O)(=O)F)CC1. The van der Waals surface area contributed by atoms with Crippen molar-refractivity contribution in [3.63, 3.8) is 0 Å². The topological polar surface area (TPSA) is 54.5 Å². The van der Waals surface area contributed by atoms with E-state index in [0.29, 0.717) is 13.1 Å². The number of halogens is 1. The van der Waals surface area contributed by atoms with Gasteiger partial charge < -0.3 is 4.90 Å². The molecule has 1 aliphatic heterocycles. The van der Waals surface area contributed by atoms with Crippen LogP contribution in [0.5, 0.6) is 0 Å². The zero-order valence-corrected chi connectivity index (χ0v) is 8.18. The molecule has 6 heteroatoms. The largest absolute Gasteiger partial charge is 0.343 e. The summed E-state index contributed by atoms with van der Waals surface area (Å²) in [7, 11) is -4.41. The lowest BCUT2D eigenvalue weighted by atomic mass is 10.1. The number of hydrogen-bond donors (Lipinski definition) is 0. The minimum Gasteiger partial charge on any atom is -0.343 e. The molecule has 0 aromatic heterocycles. The summed E-state index contributed by atoms with van der Waals surface area (Å²) >= 11 is 0. The maximum Gasteiger partial charge on any atom is 0.305 e. The predicted octanol–water partition coefficient (Wildman–Crippen LogP) is 0.297. The van der Waals surface area contributed by atoms with Crippen molar-refractivity contribution in [3.8, 4) is 0 Å². The number of rotatable bonds is 1. The van der Waals surface area contributed by atoms with Crippen molar-refractivity contribution < 1.29 is 17.1 Å². The number of piperidine rings is 1. The second-order valence-corrected chi connectivity index (χ2v) is 4.80. The molecule has 0 N–H and O–H groups in total. The summed E-state index contributed by atoms with van der Waals surface area (Å²) in [5.74, 6) is -0.0882. The van der Waals surface area contributed by atoms with Crippen molar-refractivity contribution in [2.45, 2.75) is 25.0 Å². The highest BCUT2D eigenvalue weighted by Gasteiger charge is 2.30.